The summed E-state index contributed by atoms with van der Waals surface area (Å²) >= 11 is 6.07. The van der Waals surface area contributed by atoms with E-state index in [1.165, 1.54) is 0 Å². The Labute approximate surface area is 132 Å². The number of benzene rings is 1. The highest BCUT2D eigenvalue weighted by Gasteiger charge is 2.15. The molecule has 0 aliphatic carbocycles. The van der Waals surface area contributed by atoms with Gasteiger partial charge in [-0.25, -0.2) is 0 Å². The summed E-state index contributed by atoms with van der Waals surface area (Å²) in [6, 6.07) is 5.19. The summed E-state index contributed by atoms with van der Waals surface area (Å²) in [5, 5.41) is 3.35. The first-order valence-electron chi connectivity index (χ1n) is 7.31. The minimum Gasteiger partial charge on any atom is -0.497 e. The van der Waals surface area contributed by atoms with Gasteiger partial charge in [-0.3, -0.25) is 4.79 Å². The predicted octanol–water partition coefficient (Wildman–Crippen LogP) is 3.69. The highest BCUT2D eigenvalue weighted by atomic mass is 35.5. The van der Waals surface area contributed by atoms with Crippen LogP contribution in [0.4, 0.5) is 5.69 Å². The summed E-state index contributed by atoms with van der Waals surface area (Å²) in [4.78, 5) is 12.1. The molecule has 0 fully saturated rings. The van der Waals surface area contributed by atoms with E-state index < -0.39 is 0 Å². The van der Waals surface area contributed by atoms with Gasteiger partial charge in [-0.15, -0.1) is 0 Å². The van der Waals surface area contributed by atoms with Crippen molar-refractivity contribution in [2.75, 3.05) is 19.0 Å². The van der Waals surface area contributed by atoms with E-state index in [9.17, 15) is 4.79 Å². The topological polar surface area (TPSA) is 64.3 Å². The van der Waals surface area contributed by atoms with Crippen LogP contribution >= 0.6 is 11.6 Å². The van der Waals surface area contributed by atoms with Crippen LogP contribution in [0.1, 0.15) is 33.1 Å². The number of rotatable bonds is 8. The van der Waals surface area contributed by atoms with Crippen LogP contribution in [-0.2, 0) is 4.79 Å². The Morgan fingerprint density at radius 1 is 1.38 bits per heavy atom. The van der Waals surface area contributed by atoms with Crippen molar-refractivity contribution in [2.24, 2.45) is 17.6 Å². The number of nitrogens with one attached hydrogen (secondary N) is 1. The van der Waals surface area contributed by atoms with Crippen molar-refractivity contribution >= 4 is 23.2 Å². The minimum atomic E-state index is -0.0344. The maximum absolute atomic E-state index is 12.1. The van der Waals surface area contributed by atoms with Crippen LogP contribution in [0.25, 0.3) is 0 Å². The van der Waals surface area contributed by atoms with Crippen molar-refractivity contribution in [3.63, 3.8) is 0 Å². The molecule has 0 aromatic heterocycles. The Kier molecular flexibility index (Phi) is 7.54. The molecule has 118 valence electrons. The van der Waals surface area contributed by atoms with E-state index in [4.69, 9.17) is 22.1 Å². The first kappa shape index (κ1) is 17.8. The summed E-state index contributed by atoms with van der Waals surface area (Å²) < 4.78 is 5.13. The molecule has 0 saturated carbocycles. The Morgan fingerprint density at radius 2 is 2.10 bits per heavy atom. The predicted molar refractivity (Wildman–Crippen MR) is 87.9 cm³/mol. The zero-order valence-electron chi connectivity index (χ0n) is 13.0. The Bertz CT molecular complexity index is 464. The molecule has 0 heterocycles. The maximum Gasteiger partial charge on any atom is 0.224 e. The number of hydrogen-bond donors (Lipinski definition) is 2. The van der Waals surface area contributed by atoms with Gasteiger partial charge in [0, 0.05) is 12.5 Å². The van der Waals surface area contributed by atoms with Gasteiger partial charge in [-0.1, -0.05) is 25.4 Å². The summed E-state index contributed by atoms with van der Waals surface area (Å²) in [5.41, 5.74) is 6.20. The molecule has 4 nitrogen and oxygen atoms in total. The van der Waals surface area contributed by atoms with E-state index in [0.29, 0.717) is 41.3 Å². The molecule has 1 aromatic rings. The van der Waals surface area contributed by atoms with Gasteiger partial charge in [0.25, 0.3) is 0 Å². The van der Waals surface area contributed by atoms with Crippen molar-refractivity contribution in [3.05, 3.63) is 23.2 Å². The van der Waals surface area contributed by atoms with Gasteiger partial charge in [-0.05, 0) is 43.4 Å². The number of ether oxygens (including phenoxy) is 1. The Morgan fingerprint density at radius 3 is 2.67 bits per heavy atom. The number of carbonyl (C=O) groups excluding carboxylic acids is 1. The molecule has 21 heavy (non-hydrogen) atoms. The fraction of sp³-hybridized carbons (Fsp3) is 0.562. The van der Waals surface area contributed by atoms with Crippen molar-refractivity contribution < 1.29 is 9.53 Å². The third kappa shape index (κ3) is 5.94. The molecule has 5 heteroatoms. The minimum absolute atomic E-state index is 0.0344. The molecular formula is C16H25ClN2O2. The molecule has 0 saturated heterocycles. The first-order valence-corrected chi connectivity index (χ1v) is 7.69. The lowest BCUT2D eigenvalue weighted by atomic mass is 9.88. The van der Waals surface area contributed by atoms with E-state index in [-0.39, 0.29) is 5.91 Å². The van der Waals surface area contributed by atoms with Crippen LogP contribution in [0.2, 0.25) is 5.02 Å². The molecule has 1 unspecified atom stereocenters. The largest absolute Gasteiger partial charge is 0.497 e. The first-order chi connectivity index (χ1) is 9.97. The van der Waals surface area contributed by atoms with Crippen LogP contribution in [-0.4, -0.2) is 19.6 Å². The maximum atomic E-state index is 12.1. The number of hydrogen-bond acceptors (Lipinski definition) is 3. The number of methoxy groups -OCH3 is 1. The molecule has 1 atom stereocenters. The van der Waals surface area contributed by atoms with Crippen LogP contribution in [0.15, 0.2) is 18.2 Å². The summed E-state index contributed by atoms with van der Waals surface area (Å²) in [6.07, 6.45) is 2.25. The second-order valence-corrected chi connectivity index (χ2v) is 5.92. The molecule has 1 rings (SSSR count). The Balaban J connectivity index is 2.57. The van der Waals surface area contributed by atoms with E-state index in [0.717, 1.165) is 12.8 Å². The standard InChI is InChI=1S/C16H25ClN2O2/c1-11(2)12(8-9-18)4-7-16(20)19-15-10-13(21-3)5-6-14(15)17/h5-6,10-12H,4,7-9,18H2,1-3H3,(H,19,20). The average Bonchev–Trinajstić information content (AvgIpc) is 2.45. The lowest BCUT2D eigenvalue weighted by molar-refractivity contribution is -0.116. The zero-order valence-corrected chi connectivity index (χ0v) is 13.7. The molecule has 0 radical (unpaired) electrons. The second-order valence-electron chi connectivity index (χ2n) is 5.51. The van der Waals surface area contributed by atoms with Crippen molar-refractivity contribution in [2.45, 2.75) is 33.1 Å². The van der Waals surface area contributed by atoms with Gasteiger partial charge in [0.15, 0.2) is 0 Å². The summed E-state index contributed by atoms with van der Waals surface area (Å²) in [6.45, 7) is 4.99. The fourth-order valence-corrected chi connectivity index (χ4v) is 2.45. The highest BCUT2D eigenvalue weighted by molar-refractivity contribution is 6.33. The molecule has 0 aliphatic rings. The van der Waals surface area contributed by atoms with Gasteiger partial charge < -0.3 is 15.8 Å². The second kappa shape index (κ2) is 8.90. The number of carbonyl (C=O) groups is 1. The lowest BCUT2D eigenvalue weighted by Crippen LogP contribution is -2.18. The van der Waals surface area contributed by atoms with E-state index >= 15 is 0 Å². The number of nitrogens with two attached hydrogens (primary N) is 1. The van der Waals surface area contributed by atoms with Gasteiger partial charge in [0.1, 0.15) is 5.75 Å². The normalized spacial score (nSPS) is 12.3. The van der Waals surface area contributed by atoms with Crippen LogP contribution in [0.5, 0.6) is 5.75 Å². The van der Waals surface area contributed by atoms with E-state index in [2.05, 4.69) is 19.2 Å². The third-order valence-electron chi connectivity index (χ3n) is 3.67. The van der Waals surface area contributed by atoms with Crippen LogP contribution in [0, 0.1) is 11.8 Å². The molecular weight excluding hydrogens is 288 g/mol. The molecule has 0 spiro atoms. The molecule has 1 amide bonds. The van der Waals surface area contributed by atoms with Gasteiger partial charge in [-0.2, -0.15) is 0 Å². The summed E-state index contributed by atoms with van der Waals surface area (Å²) in [7, 11) is 1.58. The molecule has 3 N–H and O–H groups in total. The van der Waals surface area contributed by atoms with Crippen molar-refractivity contribution in [3.8, 4) is 5.75 Å². The van der Waals surface area contributed by atoms with Gasteiger partial charge in [0.2, 0.25) is 5.91 Å². The fourth-order valence-electron chi connectivity index (χ4n) is 2.28. The van der Waals surface area contributed by atoms with Crippen LogP contribution in [0.3, 0.4) is 0 Å². The SMILES string of the molecule is COc1ccc(Cl)c(NC(=O)CCC(CCN)C(C)C)c1. The third-order valence-corrected chi connectivity index (χ3v) is 4.00. The molecule has 1 aromatic carbocycles. The van der Waals surface area contributed by atoms with E-state index in [1.807, 2.05) is 0 Å². The average molecular weight is 313 g/mol. The lowest BCUT2D eigenvalue weighted by Gasteiger charge is -2.19. The van der Waals surface area contributed by atoms with Crippen molar-refractivity contribution in [1.82, 2.24) is 0 Å². The van der Waals surface area contributed by atoms with E-state index in [1.54, 1.807) is 25.3 Å². The van der Waals surface area contributed by atoms with Crippen molar-refractivity contribution in [1.29, 1.82) is 0 Å². The number of halogens is 1. The quantitative estimate of drug-likeness (QED) is 0.769. The smallest absolute Gasteiger partial charge is 0.224 e. The number of anilines is 1. The highest BCUT2D eigenvalue weighted by Crippen LogP contribution is 2.27. The zero-order chi connectivity index (χ0) is 15.8. The Hall–Kier alpha value is -1.26. The van der Waals surface area contributed by atoms with Crippen LogP contribution < -0.4 is 15.8 Å². The molecule has 0 aliphatic heterocycles. The monoisotopic (exact) mass is 312 g/mol. The van der Waals surface area contributed by atoms with Gasteiger partial charge >= 0.3 is 0 Å². The molecule has 0 bridgehead atoms. The number of amides is 1. The van der Waals surface area contributed by atoms with Gasteiger partial charge in [0.05, 0.1) is 17.8 Å². The summed E-state index contributed by atoms with van der Waals surface area (Å²) in [5.74, 6) is 1.63.